The topological polar surface area (TPSA) is 135 Å². The molecule has 7 nitrogen and oxygen atoms in total. The van der Waals surface area contributed by atoms with Gasteiger partial charge in [0.25, 0.3) is 0 Å². The zero-order valence-corrected chi connectivity index (χ0v) is 14.6. The highest BCUT2D eigenvalue weighted by Gasteiger charge is 2.49. The Morgan fingerprint density at radius 2 is 1.75 bits per heavy atom. The summed E-state index contributed by atoms with van der Waals surface area (Å²) >= 11 is 0. The second-order valence-electron chi connectivity index (χ2n) is 6.81. The van der Waals surface area contributed by atoms with E-state index in [1.165, 1.54) is 6.92 Å². The Balaban J connectivity index is 2.77. The van der Waals surface area contributed by atoms with Crippen LogP contribution in [-0.4, -0.2) is 42.9 Å². The number of nitrogens with two attached hydrogens (primary N) is 1. The van der Waals surface area contributed by atoms with Gasteiger partial charge in [0, 0.05) is 6.26 Å². The Bertz CT molecular complexity index is 730. The van der Waals surface area contributed by atoms with Crippen LogP contribution in [-0.2, 0) is 19.4 Å². The van der Waals surface area contributed by atoms with Crippen LogP contribution in [0.4, 0.5) is 0 Å². The molecule has 4 N–H and O–H groups in total. The van der Waals surface area contributed by atoms with Crippen molar-refractivity contribution in [3.63, 3.8) is 0 Å². The summed E-state index contributed by atoms with van der Waals surface area (Å²) < 4.78 is 24.6. The van der Waals surface area contributed by atoms with Gasteiger partial charge in [0.15, 0.2) is 9.84 Å². The summed E-state index contributed by atoms with van der Waals surface area (Å²) in [6, 6.07) is -1.31. The molecule has 0 amide bonds. The molecule has 0 radical (unpaired) electrons. The number of aliphatic carboxylic acids is 2. The van der Waals surface area contributed by atoms with Crippen molar-refractivity contribution in [2.45, 2.75) is 45.1 Å². The number of rotatable bonds is 4. The third kappa shape index (κ3) is 3.12. The summed E-state index contributed by atoms with van der Waals surface area (Å²) in [4.78, 5) is 23.3. The molecule has 2 atom stereocenters. The summed E-state index contributed by atoms with van der Waals surface area (Å²) in [6.45, 7) is 1.26. The number of carboxylic acid groups (broad SMARTS) is 2. The van der Waals surface area contributed by atoms with Crippen molar-refractivity contribution < 1.29 is 28.2 Å². The van der Waals surface area contributed by atoms with Crippen molar-refractivity contribution in [2.75, 3.05) is 6.26 Å². The summed E-state index contributed by atoms with van der Waals surface area (Å²) in [5.74, 6) is -2.93. The van der Waals surface area contributed by atoms with Crippen molar-refractivity contribution in [3.8, 4) is 0 Å². The predicted molar refractivity (Wildman–Crippen MR) is 87.9 cm³/mol. The molecule has 0 aromatic carbocycles. The Morgan fingerprint density at radius 1 is 1.21 bits per heavy atom. The Labute approximate surface area is 141 Å². The molecule has 1 fully saturated rings. The maximum atomic E-state index is 12.3. The number of hydrogen-bond acceptors (Lipinski definition) is 5. The molecule has 2 rings (SSSR count). The highest BCUT2D eigenvalue weighted by atomic mass is 32.2. The smallest absolute Gasteiger partial charge is 0.333 e. The Morgan fingerprint density at radius 3 is 2.17 bits per heavy atom. The maximum absolute atomic E-state index is 12.3. The molecule has 24 heavy (non-hydrogen) atoms. The lowest BCUT2D eigenvalue weighted by atomic mass is 9.69. The predicted octanol–water partition coefficient (Wildman–Crippen LogP) is 1.31. The monoisotopic (exact) mass is 357 g/mol. The first-order chi connectivity index (χ1) is 11.0. The second-order valence-corrected chi connectivity index (χ2v) is 8.80. The molecule has 0 aromatic heterocycles. The minimum Gasteiger partial charge on any atom is -0.481 e. The summed E-state index contributed by atoms with van der Waals surface area (Å²) in [7, 11) is -3.80. The quantitative estimate of drug-likeness (QED) is 0.690. The molecular formula is C16H23NO6S. The largest absolute Gasteiger partial charge is 0.481 e. The van der Waals surface area contributed by atoms with Gasteiger partial charge in [-0.3, -0.25) is 4.79 Å². The molecular weight excluding hydrogens is 334 g/mol. The van der Waals surface area contributed by atoms with Gasteiger partial charge in [-0.1, -0.05) is 19.3 Å². The molecule has 0 saturated heterocycles. The molecule has 0 aromatic rings. The Kier molecular flexibility index (Phi) is 4.92. The van der Waals surface area contributed by atoms with E-state index in [0.717, 1.165) is 31.6 Å². The van der Waals surface area contributed by atoms with Crippen LogP contribution in [0, 0.1) is 11.3 Å². The number of sulfone groups is 1. The average molecular weight is 357 g/mol. The van der Waals surface area contributed by atoms with Crippen LogP contribution in [0.5, 0.6) is 0 Å². The van der Waals surface area contributed by atoms with Gasteiger partial charge >= 0.3 is 11.9 Å². The van der Waals surface area contributed by atoms with Crippen LogP contribution in [0.1, 0.15) is 39.0 Å². The van der Waals surface area contributed by atoms with Crippen LogP contribution in [0.3, 0.4) is 0 Å². The standard InChI is InChI=1S/C16H23NO6S/c1-16(15(20)21)8-10(24(2,22)23)11(9-6-4-3-5-7-9)12(13(16)17)14(18)19/h8-9,13H,3-7,17H2,1-2H3,(H,18,19)(H,20,21). The highest BCUT2D eigenvalue weighted by molar-refractivity contribution is 7.94. The third-order valence-electron chi connectivity index (χ3n) is 5.05. The van der Waals surface area contributed by atoms with Crippen molar-refractivity contribution in [3.05, 3.63) is 22.1 Å². The molecule has 8 heteroatoms. The molecule has 2 aliphatic carbocycles. The van der Waals surface area contributed by atoms with Crippen molar-refractivity contribution in [1.29, 1.82) is 0 Å². The van der Waals surface area contributed by atoms with Crippen LogP contribution in [0.2, 0.25) is 0 Å². The SMILES string of the molecule is CC1(C(=O)O)C=C(S(C)(=O)=O)C(C2CCCCC2)=C(C(=O)O)C1N. The van der Waals surface area contributed by atoms with Crippen LogP contribution in [0.25, 0.3) is 0 Å². The highest BCUT2D eigenvalue weighted by Crippen LogP contribution is 2.45. The molecule has 2 unspecified atom stereocenters. The minimum absolute atomic E-state index is 0.196. The second kappa shape index (κ2) is 6.33. The lowest BCUT2D eigenvalue weighted by Crippen LogP contribution is -2.50. The van der Waals surface area contributed by atoms with E-state index in [0.29, 0.717) is 12.8 Å². The zero-order valence-electron chi connectivity index (χ0n) is 13.8. The normalized spacial score (nSPS) is 29.3. The zero-order chi connectivity index (χ0) is 18.3. The van der Waals surface area contributed by atoms with E-state index in [1.807, 2.05) is 0 Å². The summed E-state index contributed by atoms with van der Waals surface area (Å²) in [6.07, 6.45) is 6.23. The van der Waals surface area contributed by atoms with E-state index in [2.05, 4.69) is 0 Å². The van der Waals surface area contributed by atoms with Gasteiger partial charge in [-0.2, -0.15) is 0 Å². The fourth-order valence-electron chi connectivity index (χ4n) is 3.60. The van der Waals surface area contributed by atoms with Crippen LogP contribution < -0.4 is 5.73 Å². The third-order valence-corrected chi connectivity index (χ3v) is 6.18. The number of carbonyl (C=O) groups is 2. The molecule has 0 bridgehead atoms. The molecule has 1 saturated carbocycles. The van der Waals surface area contributed by atoms with E-state index in [-0.39, 0.29) is 22.0 Å². The lowest BCUT2D eigenvalue weighted by Gasteiger charge is -2.38. The number of carboxylic acids is 2. The average Bonchev–Trinajstić information content (AvgIpc) is 2.48. The fraction of sp³-hybridized carbons (Fsp3) is 0.625. The van der Waals surface area contributed by atoms with Gasteiger partial charge in [0.1, 0.15) is 5.41 Å². The van der Waals surface area contributed by atoms with Gasteiger partial charge in [0.2, 0.25) is 0 Å². The van der Waals surface area contributed by atoms with E-state index >= 15 is 0 Å². The summed E-state index contributed by atoms with van der Waals surface area (Å²) in [5.41, 5.74) is 4.14. The first-order valence-electron chi connectivity index (χ1n) is 7.89. The van der Waals surface area contributed by atoms with Crippen molar-refractivity contribution in [2.24, 2.45) is 17.1 Å². The van der Waals surface area contributed by atoms with Crippen LogP contribution >= 0.6 is 0 Å². The molecule has 0 spiro atoms. The minimum atomic E-state index is -3.80. The van der Waals surface area contributed by atoms with Gasteiger partial charge in [-0.25, -0.2) is 13.2 Å². The van der Waals surface area contributed by atoms with E-state index in [4.69, 9.17) is 5.73 Å². The molecule has 0 heterocycles. The van der Waals surface area contributed by atoms with Crippen LogP contribution in [0.15, 0.2) is 22.1 Å². The van der Waals surface area contributed by atoms with Crippen molar-refractivity contribution in [1.82, 2.24) is 0 Å². The first-order valence-corrected chi connectivity index (χ1v) is 9.79. The molecule has 0 aliphatic heterocycles. The first kappa shape index (κ1) is 18.7. The summed E-state index contributed by atoms with van der Waals surface area (Å²) in [5, 5.41) is 19.2. The van der Waals surface area contributed by atoms with Gasteiger partial charge in [0.05, 0.1) is 16.5 Å². The lowest BCUT2D eigenvalue weighted by molar-refractivity contribution is -0.146. The number of allylic oxidation sites excluding steroid dienone is 1. The van der Waals surface area contributed by atoms with Gasteiger partial charge in [-0.15, -0.1) is 0 Å². The fourth-order valence-corrected chi connectivity index (χ4v) is 4.74. The molecule has 2 aliphatic rings. The molecule has 134 valence electrons. The van der Waals surface area contributed by atoms with Gasteiger partial charge in [-0.05, 0) is 37.3 Å². The van der Waals surface area contributed by atoms with E-state index in [9.17, 15) is 28.2 Å². The van der Waals surface area contributed by atoms with E-state index in [1.54, 1.807) is 0 Å². The van der Waals surface area contributed by atoms with Gasteiger partial charge < -0.3 is 15.9 Å². The Hall–Kier alpha value is -1.67. The number of hydrogen-bond donors (Lipinski definition) is 3. The van der Waals surface area contributed by atoms with Crippen molar-refractivity contribution >= 4 is 21.8 Å². The van der Waals surface area contributed by atoms with E-state index < -0.39 is 33.2 Å². The maximum Gasteiger partial charge on any atom is 0.333 e.